The van der Waals surface area contributed by atoms with Crippen molar-refractivity contribution >= 4 is 37.8 Å². The van der Waals surface area contributed by atoms with Crippen LogP contribution < -0.4 is 0 Å². The average Bonchev–Trinajstić information content (AvgIpc) is 2.16. The minimum atomic E-state index is -0.670. The Morgan fingerprint density at radius 2 is 2.19 bits per heavy atom. The molecule has 0 spiro atoms. The van der Waals surface area contributed by atoms with E-state index in [2.05, 4.69) is 48.4 Å². The van der Waals surface area contributed by atoms with Gasteiger partial charge in [-0.3, -0.25) is 0 Å². The van der Waals surface area contributed by atoms with Gasteiger partial charge in [-0.2, -0.15) is 0 Å². The summed E-state index contributed by atoms with van der Waals surface area (Å²) < 4.78 is 19.1. The molecular weight excluding hydrogens is 343 g/mol. The highest BCUT2D eigenvalue weighted by atomic mass is 79.9. The summed E-state index contributed by atoms with van der Waals surface area (Å²) >= 11 is 6.30. The Morgan fingerprint density at radius 3 is 2.75 bits per heavy atom. The Hall–Kier alpha value is -0.860. The molecule has 0 amide bonds. The molecule has 0 radical (unpaired) electrons. The van der Waals surface area contributed by atoms with Gasteiger partial charge in [-0.15, -0.1) is 0 Å². The van der Waals surface area contributed by atoms with Gasteiger partial charge in [0.1, 0.15) is 5.82 Å². The first-order valence-corrected chi connectivity index (χ1v) is 5.96. The van der Waals surface area contributed by atoms with Crippen LogP contribution in [0, 0.1) is 17.7 Å². The average molecular weight is 350 g/mol. The molecule has 5 heteroatoms. The zero-order valence-corrected chi connectivity index (χ0v) is 11.5. The molecule has 0 aliphatic rings. The summed E-state index contributed by atoms with van der Waals surface area (Å²) in [7, 11) is 0. The van der Waals surface area contributed by atoms with E-state index in [9.17, 15) is 9.18 Å². The van der Waals surface area contributed by atoms with Crippen molar-refractivity contribution in [2.75, 3.05) is 6.61 Å². The fourth-order valence-corrected chi connectivity index (χ4v) is 2.21. The number of hydrogen-bond donors (Lipinski definition) is 0. The second-order valence-corrected chi connectivity index (χ2v) is 4.48. The lowest BCUT2D eigenvalue weighted by atomic mass is 10.2. The highest BCUT2D eigenvalue weighted by Crippen LogP contribution is 2.24. The van der Waals surface area contributed by atoms with Crippen LogP contribution in [-0.2, 0) is 9.53 Å². The van der Waals surface area contributed by atoms with Crippen LogP contribution in [0.4, 0.5) is 4.39 Å². The van der Waals surface area contributed by atoms with Crippen LogP contribution in [0.5, 0.6) is 0 Å². The number of halogens is 3. The molecule has 0 aromatic heterocycles. The fraction of sp³-hybridized carbons (Fsp3) is 0.182. The maximum atomic E-state index is 13.4. The van der Waals surface area contributed by atoms with Gasteiger partial charge in [-0.1, -0.05) is 21.9 Å². The molecule has 1 aromatic carbocycles. The molecule has 84 valence electrons. The van der Waals surface area contributed by atoms with E-state index in [0.717, 1.165) is 0 Å². The number of benzene rings is 1. The molecule has 0 fully saturated rings. The van der Waals surface area contributed by atoms with Gasteiger partial charge in [-0.25, -0.2) is 9.18 Å². The number of rotatable bonds is 1. The van der Waals surface area contributed by atoms with E-state index < -0.39 is 11.8 Å². The Labute approximate surface area is 109 Å². The molecule has 0 N–H and O–H groups in total. The van der Waals surface area contributed by atoms with Gasteiger partial charge >= 0.3 is 5.97 Å². The zero-order chi connectivity index (χ0) is 12.1. The van der Waals surface area contributed by atoms with Crippen LogP contribution in [0.1, 0.15) is 12.5 Å². The van der Waals surface area contributed by atoms with Crippen LogP contribution in [-0.4, -0.2) is 12.6 Å². The van der Waals surface area contributed by atoms with E-state index in [0.29, 0.717) is 8.95 Å². The van der Waals surface area contributed by atoms with Crippen LogP contribution in [0.2, 0.25) is 0 Å². The third-order valence-corrected chi connectivity index (χ3v) is 2.66. The van der Waals surface area contributed by atoms with Gasteiger partial charge in [0.25, 0.3) is 0 Å². The fourth-order valence-electron chi connectivity index (χ4n) is 0.942. The molecule has 0 saturated carbocycles. The molecule has 0 heterocycles. The predicted octanol–water partition coefficient (Wildman–Crippen LogP) is 3.27. The summed E-state index contributed by atoms with van der Waals surface area (Å²) in [6.45, 7) is 1.92. The quantitative estimate of drug-likeness (QED) is 0.574. The summed E-state index contributed by atoms with van der Waals surface area (Å²) in [6.07, 6.45) is 0. The third-order valence-electron chi connectivity index (χ3n) is 1.57. The van der Waals surface area contributed by atoms with Crippen LogP contribution in [0.3, 0.4) is 0 Å². The summed E-state index contributed by atoms with van der Waals surface area (Å²) in [5, 5.41) is 0. The molecule has 0 saturated heterocycles. The second-order valence-electron chi connectivity index (χ2n) is 2.71. The maximum Gasteiger partial charge on any atom is 0.384 e. The monoisotopic (exact) mass is 348 g/mol. The van der Waals surface area contributed by atoms with Crippen molar-refractivity contribution in [3.63, 3.8) is 0 Å². The lowest BCUT2D eigenvalue weighted by Crippen LogP contribution is -2.00. The summed E-state index contributed by atoms with van der Waals surface area (Å²) in [5.74, 6) is 3.46. The van der Waals surface area contributed by atoms with Crippen molar-refractivity contribution in [2.24, 2.45) is 0 Å². The van der Waals surface area contributed by atoms with E-state index in [-0.39, 0.29) is 12.2 Å². The zero-order valence-electron chi connectivity index (χ0n) is 8.31. The van der Waals surface area contributed by atoms with E-state index in [1.165, 1.54) is 6.07 Å². The topological polar surface area (TPSA) is 26.3 Å². The minimum absolute atomic E-state index is 0.135. The first kappa shape index (κ1) is 13.2. The van der Waals surface area contributed by atoms with Gasteiger partial charge in [0, 0.05) is 14.9 Å². The van der Waals surface area contributed by atoms with E-state index in [1.807, 2.05) is 0 Å². The number of carbonyl (C=O) groups excluding carboxylic acids is 1. The van der Waals surface area contributed by atoms with Crippen molar-refractivity contribution in [3.05, 3.63) is 32.5 Å². The molecule has 16 heavy (non-hydrogen) atoms. The number of ether oxygens (including phenoxy) is 1. The first-order valence-electron chi connectivity index (χ1n) is 4.38. The summed E-state index contributed by atoms with van der Waals surface area (Å²) in [4.78, 5) is 11.0. The SMILES string of the molecule is CCOC(=O)C#Cc1c(F)cc(Br)cc1Br. The van der Waals surface area contributed by atoms with Gasteiger partial charge < -0.3 is 4.74 Å². The van der Waals surface area contributed by atoms with Crippen molar-refractivity contribution in [2.45, 2.75) is 6.92 Å². The van der Waals surface area contributed by atoms with E-state index >= 15 is 0 Å². The van der Waals surface area contributed by atoms with Gasteiger partial charge in [0.15, 0.2) is 0 Å². The molecule has 1 aromatic rings. The predicted molar refractivity (Wildman–Crippen MR) is 65.3 cm³/mol. The van der Waals surface area contributed by atoms with E-state index in [4.69, 9.17) is 0 Å². The molecule has 0 atom stereocenters. The Morgan fingerprint density at radius 1 is 1.50 bits per heavy atom. The van der Waals surface area contributed by atoms with Crippen LogP contribution >= 0.6 is 31.9 Å². The lowest BCUT2D eigenvalue weighted by Gasteiger charge is -1.99. The van der Waals surface area contributed by atoms with Crippen molar-refractivity contribution < 1.29 is 13.9 Å². The molecule has 1 rings (SSSR count). The third kappa shape index (κ3) is 3.62. The smallest absolute Gasteiger partial charge is 0.384 e. The molecule has 0 bridgehead atoms. The lowest BCUT2D eigenvalue weighted by molar-refractivity contribution is -0.136. The molecule has 0 unspecified atom stereocenters. The van der Waals surface area contributed by atoms with Gasteiger partial charge in [0.05, 0.1) is 12.2 Å². The second kappa shape index (κ2) is 6.02. The Bertz CT molecular complexity index is 452. The molecule has 0 aliphatic carbocycles. The normalized spacial score (nSPS) is 9.25. The highest BCUT2D eigenvalue weighted by Gasteiger charge is 2.06. The number of hydrogen-bond acceptors (Lipinski definition) is 2. The largest absolute Gasteiger partial charge is 0.456 e. The molecular formula is C11H7Br2FO2. The van der Waals surface area contributed by atoms with Crippen molar-refractivity contribution in [1.29, 1.82) is 0 Å². The number of carbonyl (C=O) groups is 1. The van der Waals surface area contributed by atoms with Crippen LogP contribution in [0.25, 0.3) is 0 Å². The van der Waals surface area contributed by atoms with Crippen molar-refractivity contribution in [1.82, 2.24) is 0 Å². The highest BCUT2D eigenvalue weighted by molar-refractivity contribution is 9.11. The first-order chi connectivity index (χ1) is 7.54. The maximum absolute atomic E-state index is 13.4. The molecule has 0 aliphatic heterocycles. The number of esters is 1. The van der Waals surface area contributed by atoms with Crippen LogP contribution in [0.15, 0.2) is 21.1 Å². The van der Waals surface area contributed by atoms with Crippen molar-refractivity contribution in [3.8, 4) is 11.8 Å². The summed E-state index contributed by atoms with van der Waals surface area (Å²) in [6, 6.07) is 2.93. The minimum Gasteiger partial charge on any atom is -0.456 e. The van der Waals surface area contributed by atoms with E-state index in [1.54, 1.807) is 13.0 Å². The standard InChI is InChI=1S/C11H7Br2FO2/c1-2-16-11(15)4-3-8-9(13)5-7(12)6-10(8)14/h5-6H,2H2,1H3. The van der Waals surface area contributed by atoms with Gasteiger partial charge in [-0.05, 0) is 35.0 Å². The molecule has 2 nitrogen and oxygen atoms in total. The summed E-state index contributed by atoms with van der Waals surface area (Å²) in [5.41, 5.74) is 0.135. The Kier molecular flexibility index (Phi) is 4.97. The van der Waals surface area contributed by atoms with Gasteiger partial charge in [0.2, 0.25) is 0 Å². The Balaban J connectivity index is 3.01.